The molecule has 2 fully saturated rings. The topological polar surface area (TPSA) is 202 Å². The van der Waals surface area contributed by atoms with Crippen LogP contribution in [-0.2, 0) is 45.5 Å². The van der Waals surface area contributed by atoms with Gasteiger partial charge >= 0.3 is 5.97 Å². The Bertz CT molecular complexity index is 3090. The molecular weight excluding hydrogens is 1000 g/mol. The molecular formula is C59H68ClN7O10. The predicted octanol–water partition coefficient (Wildman–Crippen LogP) is 9.55. The second-order valence-corrected chi connectivity index (χ2v) is 21.7. The van der Waals surface area contributed by atoms with Gasteiger partial charge in [0.05, 0.1) is 30.6 Å². The molecule has 17 nitrogen and oxygen atoms in total. The van der Waals surface area contributed by atoms with Gasteiger partial charge in [-0.15, -0.1) is 10.2 Å². The first-order chi connectivity index (χ1) is 37.0. The van der Waals surface area contributed by atoms with E-state index in [2.05, 4.69) is 20.8 Å². The Kier molecular flexibility index (Phi) is 16.8. The number of nitrogens with one attached hydrogen (secondary N) is 2. The van der Waals surface area contributed by atoms with Gasteiger partial charge in [0.15, 0.2) is 5.82 Å². The van der Waals surface area contributed by atoms with Gasteiger partial charge in [-0.3, -0.25) is 24.2 Å². The Morgan fingerprint density at radius 2 is 1.56 bits per heavy atom. The number of halogens is 1. The lowest BCUT2D eigenvalue weighted by atomic mass is 9.85. The van der Waals surface area contributed by atoms with Crippen LogP contribution in [-0.4, -0.2) is 101 Å². The molecule has 0 spiro atoms. The van der Waals surface area contributed by atoms with Crippen molar-refractivity contribution < 1.29 is 47.0 Å². The van der Waals surface area contributed by atoms with Gasteiger partial charge in [-0.2, -0.15) is 0 Å². The van der Waals surface area contributed by atoms with E-state index in [9.17, 15) is 19.2 Å². The van der Waals surface area contributed by atoms with Crippen LogP contribution in [0.15, 0.2) is 99.0 Å². The van der Waals surface area contributed by atoms with Crippen molar-refractivity contribution in [3.05, 3.63) is 141 Å². The van der Waals surface area contributed by atoms with E-state index >= 15 is 0 Å². The van der Waals surface area contributed by atoms with Crippen LogP contribution in [0.5, 0.6) is 5.75 Å². The fraction of sp³-hybridized carbons (Fsp3) is 0.441. The lowest BCUT2D eigenvalue weighted by molar-refractivity contribution is -0.152. The van der Waals surface area contributed by atoms with Crippen LogP contribution in [0.1, 0.15) is 123 Å². The first-order valence-electron chi connectivity index (χ1n) is 26.5. The Hall–Kier alpha value is -7.08. The van der Waals surface area contributed by atoms with E-state index in [1.807, 2.05) is 132 Å². The van der Waals surface area contributed by atoms with Crippen LogP contribution in [0.4, 0.5) is 0 Å². The second-order valence-electron chi connectivity index (χ2n) is 21.2. The number of benzene rings is 3. The van der Waals surface area contributed by atoms with E-state index in [-0.39, 0.29) is 24.8 Å². The minimum atomic E-state index is -0.847. The molecule has 1 saturated carbocycles. The average Bonchev–Trinajstić information content (AvgIpc) is 3.82. The van der Waals surface area contributed by atoms with Gasteiger partial charge in [0, 0.05) is 61.0 Å². The molecule has 9 rings (SSSR count). The van der Waals surface area contributed by atoms with Crippen LogP contribution in [0.3, 0.4) is 0 Å². The molecule has 3 unspecified atom stereocenters. The van der Waals surface area contributed by atoms with Gasteiger partial charge in [0.2, 0.25) is 23.6 Å². The van der Waals surface area contributed by atoms with Crippen LogP contribution in [0.25, 0.3) is 17.2 Å². The number of esters is 1. The first-order valence-corrected chi connectivity index (χ1v) is 26.9. The van der Waals surface area contributed by atoms with Crippen LogP contribution < -0.4 is 15.4 Å². The number of hydrogen-bond acceptors (Lipinski definition) is 13. The molecule has 18 heteroatoms. The molecule has 1 aliphatic carbocycles. The third kappa shape index (κ3) is 12.7. The van der Waals surface area contributed by atoms with E-state index in [0.29, 0.717) is 112 Å². The molecule has 0 radical (unpaired) electrons. The quantitative estimate of drug-likeness (QED) is 0.0482. The summed E-state index contributed by atoms with van der Waals surface area (Å²) in [6, 6.07) is 22.7. The number of nitrogens with zero attached hydrogens (tertiary/aromatic N) is 5. The minimum absolute atomic E-state index is 0.0505. The summed E-state index contributed by atoms with van der Waals surface area (Å²) in [4.78, 5) is 61.1. The van der Waals surface area contributed by atoms with E-state index in [1.54, 1.807) is 11.2 Å². The summed E-state index contributed by atoms with van der Waals surface area (Å²) in [5.41, 5.74) is 5.76. The van der Waals surface area contributed by atoms with Crippen LogP contribution in [0.2, 0.25) is 5.02 Å². The van der Waals surface area contributed by atoms with Gasteiger partial charge in [0.1, 0.15) is 53.4 Å². The van der Waals surface area contributed by atoms with E-state index in [1.165, 1.54) is 0 Å². The van der Waals surface area contributed by atoms with Crippen molar-refractivity contribution >= 4 is 41.0 Å². The monoisotopic (exact) mass is 1070 g/mol. The van der Waals surface area contributed by atoms with E-state index in [0.717, 1.165) is 50.5 Å². The van der Waals surface area contributed by atoms with Crippen molar-refractivity contribution in [1.29, 1.82) is 0 Å². The van der Waals surface area contributed by atoms with Gasteiger partial charge in [-0.05, 0) is 112 Å². The zero-order valence-corrected chi connectivity index (χ0v) is 45.7. The highest BCUT2D eigenvalue weighted by molar-refractivity contribution is 6.30. The molecule has 1 saturated heterocycles. The van der Waals surface area contributed by atoms with Gasteiger partial charge in [-0.25, -0.2) is 4.57 Å². The Morgan fingerprint density at radius 3 is 2.25 bits per heavy atom. The van der Waals surface area contributed by atoms with Crippen LogP contribution in [0, 0.1) is 33.1 Å². The number of aliphatic imine (C=N–C) groups is 1. The summed E-state index contributed by atoms with van der Waals surface area (Å²) in [5, 5.41) is 15.3. The van der Waals surface area contributed by atoms with Gasteiger partial charge in [0.25, 0.3) is 0 Å². The zero-order chi connectivity index (χ0) is 54.4. The normalized spacial score (nSPS) is 16.9. The van der Waals surface area contributed by atoms with Crippen molar-refractivity contribution in [3.63, 3.8) is 0 Å². The molecule has 3 amide bonds. The Balaban J connectivity index is 0.669. The Labute approximate surface area is 454 Å². The Morgan fingerprint density at radius 1 is 0.857 bits per heavy atom. The molecule has 2 N–H and O–H groups in total. The highest BCUT2D eigenvalue weighted by Gasteiger charge is 2.49. The third-order valence-corrected chi connectivity index (χ3v) is 14.7. The number of rotatable bonds is 22. The maximum absolute atomic E-state index is 14.0. The molecule has 3 atom stereocenters. The molecule has 2 aliphatic heterocycles. The number of carbonyl (C=O) groups is 4. The number of aromatic nitrogens is 3. The van der Waals surface area contributed by atoms with E-state index < -0.39 is 41.0 Å². The number of amides is 3. The highest BCUT2D eigenvalue weighted by atomic mass is 35.5. The average molecular weight is 1070 g/mol. The molecule has 0 bridgehead atoms. The molecule has 3 aromatic carbocycles. The summed E-state index contributed by atoms with van der Waals surface area (Å²) in [6.07, 6.45) is 5.49. The first kappa shape index (κ1) is 54.7. The number of carbonyl (C=O) groups excluding carboxylic acids is 4. The molecule has 3 aliphatic rings. The van der Waals surface area contributed by atoms with Crippen molar-refractivity contribution in [2.75, 3.05) is 39.6 Å². The van der Waals surface area contributed by atoms with Crippen LogP contribution >= 0.6 is 11.6 Å². The molecule has 3 aromatic heterocycles. The standard InChI is InChI=1S/C59H68ClN7O10/c1-36-24-32-75-52(36)42-14-12-40(13-15-42)34-61-55(70)47-11-8-27-66(47)56(71)53(58(5,6)7)63-48(68)35-73-30-9-28-72-29-10-31-74-45-22-18-43(19-23-45)59(25-26-59)77-49(69)33-46-54-65-64-39(4)67(54)57-50(37(2)38(3)76-57)51(62-46)41-16-20-44(60)21-17-41/h12-24,32,46-47,53H,8-11,25-31,33-35H2,1-7H3,(H,61,70)(H,63,68). The maximum Gasteiger partial charge on any atom is 0.309 e. The predicted molar refractivity (Wildman–Crippen MR) is 289 cm³/mol. The van der Waals surface area contributed by atoms with E-state index in [4.69, 9.17) is 44.4 Å². The highest BCUT2D eigenvalue weighted by Crippen LogP contribution is 2.50. The fourth-order valence-electron chi connectivity index (χ4n) is 9.92. The fourth-order valence-corrected chi connectivity index (χ4v) is 10.0. The molecule has 77 heavy (non-hydrogen) atoms. The largest absolute Gasteiger partial charge is 0.494 e. The molecule has 5 heterocycles. The van der Waals surface area contributed by atoms with Crippen molar-refractivity contribution in [2.45, 2.75) is 124 Å². The zero-order valence-electron chi connectivity index (χ0n) is 44.9. The van der Waals surface area contributed by atoms with Crippen molar-refractivity contribution in [2.24, 2.45) is 10.4 Å². The van der Waals surface area contributed by atoms with Gasteiger partial charge in [-0.1, -0.05) is 80.9 Å². The summed E-state index contributed by atoms with van der Waals surface area (Å²) in [6.45, 7) is 15.6. The molecule has 6 aromatic rings. The van der Waals surface area contributed by atoms with Crippen molar-refractivity contribution in [3.8, 4) is 23.0 Å². The number of ether oxygens (including phenoxy) is 4. The summed E-state index contributed by atoms with van der Waals surface area (Å²) >= 11 is 6.26. The van der Waals surface area contributed by atoms with Gasteiger partial charge < -0.3 is 43.3 Å². The summed E-state index contributed by atoms with van der Waals surface area (Å²) < 4.78 is 37.4. The number of furan rings is 2. The SMILES string of the molecule is Cc1ccoc1-c1ccc(CNC(=O)C2CCCN2C(=O)C(NC(=O)COCCCOCCCOc2ccc(C3(OC(=O)CC4N=C(c5ccc(Cl)cc5)c5c(oc(C)c5C)-n5c(C)nnc54)CC3)cc2)C(C)(C)C)cc1. The lowest BCUT2D eigenvalue weighted by Gasteiger charge is -2.35. The minimum Gasteiger partial charge on any atom is -0.494 e. The second kappa shape index (κ2) is 23.7. The smallest absolute Gasteiger partial charge is 0.309 e. The molecule has 406 valence electrons. The third-order valence-electron chi connectivity index (χ3n) is 14.4. The number of hydrogen-bond donors (Lipinski definition) is 2. The summed E-state index contributed by atoms with van der Waals surface area (Å²) in [7, 11) is 0. The summed E-state index contributed by atoms with van der Waals surface area (Å²) in [5.74, 6) is 2.64. The van der Waals surface area contributed by atoms with Crippen molar-refractivity contribution in [1.82, 2.24) is 30.3 Å². The lowest BCUT2D eigenvalue weighted by Crippen LogP contribution is -2.58. The maximum atomic E-state index is 14.0. The number of fused-ring (bicyclic) bond motifs is 3. The number of likely N-dealkylation sites (tertiary alicyclic amines) is 1. The number of aryl methyl sites for hydroxylation is 3.